The molecule has 26 heavy (non-hydrogen) atoms. The maximum absolute atomic E-state index is 13.8. The Morgan fingerprint density at radius 1 is 1.31 bits per heavy atom. The van der Waals surface area contributed by atoms with Gasteiger partial charge in [0.25, 0.3) is 5.91 Å². The lowest BCUT2D eigenvalue weighted by atomic mass is 10.0. The number of nitrogens with zero attached hydrogens (tertiary/aromatic N) is 4. The Hall–Kier alpha value is -3.07. The van der Waals surface area contributed by atoms with Gasteiger partial charge in [-0.15, -0.1) is 0 Å². The predicted molar refractivity (Wildman–Crippen MR) is 91.3 cm³/mol. The Morgan fingerprint density at radius 2 is 2.23 bits per heavy atom. The first-order valence-electron chi connectivity index (χ1n) is 8.25. The molecule has 0 saturated carbocycles. The summed E-state index contributed by atoms with van der Waals surface area (Å²) in [6, 6.07) is 4.30. The van der Waals surface area contributed by atoms with Gasteiger partial charge in [0, 0.05) is 19.0 Å². The summed E-state index contributed by atoms with van der Waals surface area (Å²) in [5.74, 6) is 0.0141. The lowest BCUT2D eigenvalue weighted by molar-refractivity contribution is 0.0616. The lowest BCUT2D eigenvalue weighted by Crippen LogP contribution is -2.52. The summed E-state index contributed by atoms with van der Waals surface area (Å²) in [4.78, 5) is 24.8. The number of ether oxygens (including phenoxy) is 1. The molecule has 0 unspecified atom stereocenters. The summed E-state index contributed by atoms with van der Waals surface area (Å²) >= 11 is 0. The van der Waals surface area contributed by atoms with Gasteiger partial charge in [0.1, 0.15) is 23.5 Å². The molecule has 134 valence electrons. The Kier molecular flexibility index (Phi) is 4.44. The Bertz CT molecular complexity index is 916. The number of carbonyl (C=O) groups excluding carboxylic acids is 1. The van der Waals surface area contributed by atoms with E-state index in [0.717, 1.165) is 0 Å². The third-order valence-electron chi connectivity index (χ3n) is 4.31. The number of anilines is 1. The molecule has 0 bridgehead atoms. The second kappa shape index (κ2) is 7.04. The number of amides is 1. The minimum absolute atomic E-state index is 0.145. The van der Waals surface area contributed by atoms with Crippen LogP contribution in [0.25, 0.3) is 5.52 Å². The van der Waals surface area contributed by atoms with E-state index in [9.17, 15) is 9.18 Å². The van der Waals surface area contributed by atoms with Gasteiger partial charge in [-0.25, -0.2) is 19.3 Å². The van der Waals surface area contributed by atoms with Crippen molar-refractivity contribution in [1.29, 1.82) is 0 Å². The van der Waals surface area contributed by atoms with Crippen LogP contribution < -0.4 is 10.6 Å². The van der Waals surface area contributed by atoms with Crippen molar-refractivity contribution in [1.82, 2.24) is 24.7 Å². The average Bonchev–Trinajstić information content (AvgIpc) is 3.10. The molecular weight excluding hydrogens is 339 g/mol. The molecule has 8 nitrogen and oxygen atoms in total. The van der Waals surface area contributed by atoms with E-state index < -0.39 is 5.82 Å². The fourth-order valence-corrected chi connectivity index (χ4v) is 3.01. The highest BCUT2D eigenvalue weighted by atomic mass is 19.1. The first-order valence-corrected chi connectivity index (χ1v) is 8.25. The third-order valence-corrected chi connectivity index (χ3v) is 4.31. The minimum atomic E-state index is -0.423. The first-order chi connectivity index (χ1) is 12.7. The SMILES string of the molecule is O=C(N[C@H]1CCOC[C@H]1Nc1ccncn1)c1ncc2c(F)cccn12. The standard InChI is InChI=1S/C17H17FN6O2/c18-11-2-1-6-24-14(11)8-20-16(24)17(25)23-12-4-7-26-9-13(12)22-15-3-5-19-10-21-15/h1-3,5-6,8,10,12-13H,4,7,9H2,(H,23,25)(H,19,21,22)/t12-,13+/m0/s1. The molecule has 2 N–H and O–H groups in total. The van der Waals surface area contributed by atoms with Crippen LogP contribution in [-0.4, -0.2) is 50.6 Å². The number of hydrogen-bond donors (Lipinski definition) is 2. The molecule has 0 radical (unpaired) electrons. The van der Waals surface area contributed by atoms with Crippen molar-refractivity contribution >= 4 is 17.2 Å². The van der Waals surface area contributed by atoms with Crippen LogP contribution in [-0.2, 0) is 4.74 Å². The molecule has 1 amide bonds. The topological polar surface area (TPSA) is 93.4 Å². The molecule has 3 aromatic heterocycles. The molecule has 0 spiro atoms. The van der Waals surface area contributed by atoms with Crippen LogP contribution in [0.15, 0.2) is 43.1 Å². The second-order valence-electron chi connectivity index (χ2n) is 5.98. The number of nitrogens with one attached hydrogen (secondary N) is 2. The van der Waals surface area contributed by atoms with Gasteiger partial charge in [0.05, 0.1) is 24.9 Å². The second-order valence-corrected chi connectivity index (χ2v) is 5.98. The minimum Gasteiger partial charge on any atom is -0.379 e. The van der Waals surface area contributed by atoms with Crippen LogP contribution in [0.5, 0.6) is 0 Å². The van der Waals surface area contributed by atoms with Gasteiger partial charge in [-0.3, -0.25) is 9.20 Å². The Balaban J connectivity index is 1.52. The van der Waals surface area contributed by atoms with Crippen molar-refractivity contribution < 1.29 is 13.9 Å². The first kappa shape index (κ1) is 16.4. The van der Waals surface area contributed by atoms with Gasteiger partial charge in [0.2, 0.25) is 5.82 Å². The molecule has 1 aliphatic heterocycles. The molecule has 1 fully saturated rings. The summed E-state index contributed by atoms with van der Waals surface area (Å²) in [6.45, 7) is 0.982. The average molecular weight is 356 g/mol. The number of fused-ring (bicyclic) bond motifs is 1. The molecule has 2 atom stereocenters. The smallest absolute Gasteiger partial charge is 0.287 e. The van der Waals surface area contributed by atoms with Crippen molar-refractivity contribution in [2.24, 2.45) is 0 Å². The van der Waals surface area contributed by atoms with E-state index in [1.165, 1.54) is 29.1 Å². The molecule has 0 aromatic carbocycles. The van der Waals surface area contributed by atoms with Crippen LogP contribution in [0.3, 0.4) is 0 Å². The molecule has 3 aromatic rings. The molecule has 1 aliphatic rings. The normalized spacial score (nSPS) is 20.0. The van der Waals surface area contributed by atoms with Crippen molar-refractivity contribution in [2.45, 2.75) is 18.5 Å². The lowest BCUT2D eigenvalue weighted by Gasteiger charge is -2.32. The van der Waals surface area contributed by atoms with Crippen LogP contribution in [0.1, 0.15) is 17.0 Å². The molecule has 0 aliphatic carbocycles. The zero-order valence-corrected chi connectivity index (χ0v) is 13.8. The van der Waals surface area contributed by atoms with Crippen LogP contribution in [0.4, 0.5) is 10.2 Å². The van der Waals surface area contributed by atoms with Gasteiger partial charge in [0.15, 0.2) is 0 Å². The van der Waals surface area contributed by atoms with Crippen LogP contribution >= 0.6 is 0 Å². The number of hydrogen-bond acceptors (Lipinski definition) is 6. The number of halogens is 1. The van der Waals surface area contributed by atoms with Crippen LogP contribution in [0, 0.1) is 5.82 Å². The van der Waals surface area contributed by atoms with Crippen molar-refractivity contribution in [3.8, 4) is 0 Å². The number of imidazole rings is 1. The van der Waals surface area contributed by atoms with Gasteiger partial charge < -0.3 is 15.4 Å². The van der Waals surface area contributed by atoms with Crippen molar-refractivity contribution in [3.05, 3.63) is 54.8 Å². The number of pyridine rings is 1. The highest BCUT2D eigenvalue weighted by molar-refractivity contribution is 5.92. The number of aromatic nitrogens is 4. The third kappa shape index (κ3) is 3.21. The Labute approximate surface area is 148 Å². The fourth-order valence-electron chi connectivity index (χ4n) is 3.01. The highest BCUT2D eigenvalue weighted by Crippen LogP contribution is 2.15. The van der Waals surface area contributed by atoms with E-state index in [-0.39, 0.29) is 29.3 Å². The van der Waals surface area contributed by atoms with Gasteiger partial charge in [-0.1, -0.05) is 0 Å². The summed E-state index contributed by atoms with van der Waals surface area (Å²) in [5.41, 5.74) is 0.264. The van der Waals surface area contributed by atoms with Gasteiger partial charge in [-0.05, 0) is 24.6 Å². The van der Waals surface area contributed by atoms with Crippen molar-refractivity contribution in [3.63, 3.8) is 0 Å². The van der Waals surface area contributed by atoms with E-state index in [1.807, 2.05) is 0 Å². The Morgan fingerprint density at radius 3 is 3.08 bits per heavy atom. The maximum atomic E-state index is 13.8. The van der Waals surface area contributed by atoms with E-state index in [2.05, 4.69) is 25.6 Å². The molecule has 4 heterocycles. The van der Waals surface area contributed by atoms with Crippen LogP contribution in [0.2, 0.25) is 0 Å². The summed E-state index contributed by atoms with van der Waals surface area (Å²) < 4.78 is 20.8. The highest BCUT2D eigenvalue weighted by Gasteiger charge is 2.29. The largest absolute Gasteiger partial charge is 0.379 e. The number of rotatable bonds is 4. The summed E-state index contributed by atoms with van der Waals surface area (Å²) in [7, 11) is 0. The van der Waals surface area contributed by atoms with E-state index >= 15 is 0 Å². The van der Waals surface area contributed by atoms with Gasteiger partial charge >= 0.3 is 0 Å². The fraction of sp³-hybridized carbons (Fsp3) is 0.294. The van der Waals surface area contributed by atoms with E-state index in [0.29, 0.717) is 25.5 Å². The molecule has 4 rings (SSSR count). The number of carbonyl (C=O) groups is 1. The monoisotopic (exact) mass is 356 g/mol. The quantitative estimate of drug-likeness (QED) is 0.731. The van der Waals surface area contributed by atoms with E-state index in [4.69, 9.17) is 4.74 Å². The predicted octanol–water partition coefficient (Wildman–Crippen LogP) is 1.26. The van der Waals surface area contributed by atoms with Crippen molar-refractivity contribution in [2.75, 3.05) is 18.5 Å². The maximum Gasteiger partial charge on any atom is 0.287 e. The molecule has 9 heteroatoms. The molecular formula is C17H17FN6O2. The zero-order chi connectivity index (χ0) is 17.9. The van der Waals surface area contributed by atoms with Gasteiger partial charge in [-0.2, -0.15) is 0 Å². The summed E-state index contributed by atoms with van der Waals surface area (Å²) in [6.07, 6.45) is 6.70. The molecule has 1 saturated heterocycles. The zero-order valence-electron chi connectivity index (χ0n) is 13.8. The summed E-state index contributed by atoms with van der Waals surface area (Å²) in [5, 5.41) is 6.22. The van der Waals surface area contributed by atoms with E-state index in [1.54, 1.807) is 18.5 Å².